The molecule has 0 atom stereocenters. The van der Waals surface area contributed by atoms with Gasteiger partial charge >= 0.3 is 0 Å². The van der Waals surface area contributed by atoms with E-state index < -0.39 is 5.41 Å². The number of anilines is 1. The van der Waals surface area contributed by atoms with Crippen LogP contribution in [-0.2, 0) is 37.9 Å². The summed E-state index contributed by atoms with van der Waals surface area (Å²) in [6.07, 6.45) is 6.19. The summed E-state index contributed by atoms with van der Waals surface area (Å²) in [6.45, 7) is 10.1. The molecule has 2 aromatic heterocycles. The van der Waals surface area contributed by atoms with Crippen LogP contribution >= 0.6 is 23.2 Å². The molecule has 0 bridgehead atoms. The first-order valence-corrected chi connectivity index (χ1v) is 16.8. The van der Waals surface area contributed by atoms with Gasteiger partial charge in [-0.05, 0) is 60.9 Å². The molecule has 0 unspecified atom stereocenters. The lowest BCUT2D eigenvalue weighted by molar-refractivity contribution is -0.128. The van der Waals surface area contributed by atoms with Crippen LogP contribution < -0.4 is 15.5 Å². The minimum Gasteiger partial charge on any atom is -0.361 e. The Bertz CT molecular complexity index is 1780. The molecule has 1 aliphatic heterocycles. The fourth-order valence-electron chi connectivity index (χ4n) is 6.36. The maximum absolute atomic E-state index is 13.9. The molecule has 2 N–H and O–H groups in total. The van der Waals surface area contributed by atoms with Crippen LogP contribution in [0.15, 0.2) is 30.6 Å². The van der Waals surface area contributed by atoms with Gasteiger partial charge in [-0.25, -0.2) is 14.6 Å². The summed E-state index contributed by atoms with van der Waals surface area (Å²) in [6, 6.07) is 7.80. The fraction of sp³-hybridized carbons (Fsp3) is 0.500. The van der Waals surface area contributed by atoms with Crippen molar-refractivity contribution in [1.82, 2.24) is 34.9 Å². The number of nitrogens with zero attached hydrogens (tertiary/aromatic N) is 6. The molecule has 2 amide bonds. The Morgan fingerprint density at radius 3 is 2.57 bits per heavy atom. The predicted octanol–water partition coefficient (Wildman–Crippen LogP) is 6.05. The second-order valence-electron chi connectivity index (χ2n) is 13.8. The van der Waals surface area contributed by atoms with E-state index in [2.05, 4.69) is 38.6 Å². The van der Waals surface area contributed by atoms with E-state index >= 15 is 0 Å². The van der Waals surface area contributed by atoms with Crippen molar-refractivity contribution in [2.75, 3.05) is 11.4 Å². The van der Waals surface area contributed by atoms with Crippen LogP contribution in [0.4, 0.5) is 5.69 Å². The highest BCUT2D eigenvalue weighted by Crippen LogP contribution is 2.34. The van der Waals surface area contributed by atoms with E-state index in [0.29, 0.717) is 54.1 Å². The highest BCUT2D eigenvalue weighted by molar-refractivity contribution is 6.36. The lowest BCUT2D eigenvalue weighted by Crippen LogP contribution is -2.39. The van der Waals surface area contributed by atoms with Crippen molar-refractivity contribution >= 4 is 51.7 Å². The zero-order valence-electron chi connectivity index (χ0n) is 27.2. The molecular weight excluding hydrogens is 623 g/mol. The number of amides is 2. The number of aryl methyl sites for hydroxylation is 1. The molecule has 1 saturated carbocycles. The van der Waals surface area contributed by atoms with Crippen LogP contribution in [0.3, 0.4) is 0 Å². The summed E-state index contributed by atoms with van der Waals surface area (Å²) in [7, 11) is 1.97. The van der Waals surface area contributed by atoms with E-state index in [-0.39, 0.29) is 17.9 Å². The Kier molecular flexibility index (Phi) is 9.04. The number of imidazole rings is 1. The number of nitrogens with one attached hydrogen (secondary N) is 2. The van der Waals surface area contributed by atoms with Crippen molar-refractivity contribution in [3.8, 4) is 0 Å². The normalized spacial score (nSPS) is 18.5. The fourth-order valence-corrected chi connectivity index (χ4v) is 6.93. The van der Waals surface area contributed by atoms with Gasteiger partial charge in [0.1, 0.15) is 18.0 Å². The van der Waals surface area contributed by atoms with Crippen LogP contribution in [0.5, 0.6) is 0 Å². The zero-order chi connectivity index (χ0) is 32.7. The van der Waals surface area contributed by atoms with Crippen LogP contribution in [0.25, 0.3) is 11.0 Å². The number of carbonyl (C=O) groups is 2. The van der Waals surface area contributed by atoms with Gasteiger partial charge < -0.3 is 20.1 Å². The molecule has 2 aromatic carbocycles. The third-order valence-corrected chi connectivity index (χ3v) is 10.2. The quantitative estimate of drug-likeness (QED) is 0.249. The van der Waals surface area contributed by atoms with E-state index in [1.807, 2.05) is 55.3 Å². The highest BCUT2D eigenvalue weighted by Gasteiger charge is 2.28. The molecule has 12 heteroatoms. The van der Waals surface area contributed by atoms with E-state index in [1.54, 1.807) is 6.33 Å². The minimum atomic E-state index is -0.510. The lowest BCUT2D eigenvalue weighted by atomic mass is 9.87. The molecule has 10 nitrogen and oxygen atoms in total. The average molecular weight is 666 g/mol. The SMILES string of the molecule is CC1CCC(NC(=O)c2cc3nc(Cc4c(Cl)ccc(CNC(=O)C(C)(C)C)c4Cl)n(C)c3cc2N2CCn3ncnc3C2)CC1. The largest absolute Gasteiger partial charge is 0.361 e. The van der Waals surface area contributed by atoms with Crippen LogP contribution in [0.1, 0.15) is 86.5 Å². The maximum atomic E-state index is 13.9. The van der Waals surface area contributed by atoms with Gasteiger partial charge in [-0.3, -0.25) is 9.59 Å². The van der Waals surface area contributed by atoms with E-state index in [4.69, 9.17) is 28.2 Å². The zero-order valence-corrected chi connectivity index (χ0v) is 28.7. The Balaban J connectivity index is 1.33. The summed E-state index contributed by atoms with van der Waals surface area (Å²) >= 11 is 13.6. The first-order valence-electron chi connectivity index (χ1n) is 16.0. The first kappa shape index (κ1) is 32.3. The lowest BCUT2D eigenvalue weighted by Gasteiger charge is -2.31. The van der Waals surface area contributed by atoms with Gasteiger partial charge in [-0.1, -0.05) is 57.0 Å². The third kappa shape index (κ3) is 6.60. The molecule has 46 heavy (non-hydrogen) atoms. The average Bonchev–Trinajstić information content (AvgIpc) is 3.62. The van der Waals surface area contributed by atoms with E-state index in [0.717, 1.165) is 65.2 Å². The minimum absolute atomic E-state index is 0.0574. The molecule has 1 fully saturated rings. The topological polar surface area (TPSA) is 110 Å². The number of benzene rings is 2. The highest BCUT2D eigenvalue weighted by atomic mass is 35.5. The Morgan fingerprint density at radius 2 is 1.83 bits per heavy atom. The molecule has 1 aliphatic carbocycles. The smallest absolute Gasteiger partial charge is 0.253 e. The molecule has 4 aromatic rings. The summed E-state index contributed by atoms with van der Waals surface area (Å²) in [5, 5.41) is 11.7. The molecule has 0 radical (unpaired) electrons. The number of halogens is 2. The summed E-state index contributed by atoms with van der Waals surface area (Å²) in [5.41, 5.74) is 4.11. The first-order chi connectivity index (χ1) is 21.9. The number of aromatic nitrogens is 5. The molecule has 6 rings (SSSR count). The van der Waals surface area contributed by atoms with Crippen molar-refractivity contribution in [2.24, 2.45) is 18.4 Å². The second kappa shape index (κ2) is 12.9. The number of hydrogen-bond donors (Lipinski definition) is 2. The Labute approximate surface area is 279 Å². The predicted molar refractivity (Wildman–Crippen MR) is 181 cm³/mol. The van der Waals surface area contributed by atoms with Crippen molar-refractivity contribution < 1.29 is 9.59 Å². The van der Waals surface area contributed by atoms with E-state index in [9.17, 15) is 9.59 Å². The van der Waals surface area contributed by atoms with Crippen LogP contribution in [0, 0.1) is 11.3 Å². The van der Waals surface area contributed by atoms with Gasteiger partial charge in [0.15, 0.2) is 0 Å². The summed E-state index contributed by atoms with van der Waals surface area (Å²) < 4.78 is 3.95. The van der Waals surface area contributed by atoms with Crippen molar-refractivity contribution in [1.29, 1.82) is 0 Å². The number of rotatable bonds is 7. The summed E-state index contributed by atoms with van der Waals surface area (Å²) in [4.78, 5) is 38.0. The summed E-state index contributed by atoms with van der Waals surface area (Å²) in [5.74, 6) is 2.19. The third-order valence-electron chi connectivity index (χ3n) is 9.36. The number of carbonyl (C=O) groups excluding carboxylic acids is 2. The molecule has 0 spiro atoms. The molecule has 244 valence electrons. The standard InChI is InChI=1S/C34H42Cl2N8O2/c1-20-6-9-22(10-7-20)40-32(45)24-14-26-28(16-27(24)43-12-13-44-30(18-43)38-19-39-44)42(5)29(41-26)15-23-25(35)11-8-21(31(23)36)17-37-33(46)34(2,3)4/h8,11,14,16,19-20,22H,6-7,9-10,12-13,15,17-18H2,1-5H3,(H,37,46)(H,40,45). The van der Waals surface area contributed by atoms with Gasteiger partial charge in [0, 0.05) is 43.0 Å². The van der Waals surface area contributed by atoms with Crippen LogP contribution in [-0.4, -0.2) is 48.7 Å². The van der Waals surface area contributed by atoms with Crippen molar-refractivity contribution in [2.45, 2.75) is 85.5 Å². The molecule has 0 saturated heterocycles. The van der Waals surface area contributed by atoms with E-state index in [1.165, 1.54) is 0 Å². The van der Waals surface area contributed by atoms with Gasteiger partial charge in [0.25, 0.3) is 5.91 Å². The van der Waals surface area contributed by atoms with Crippen molar-refractivity contribution in [3.05, 3.63) is 69.0 Å². The molecular formula is C34H42Cl2N8O2. The van der Waals surface area contributed by atoms with Gasteiger partial charge in [-0.2, -0.15) is 5.10 Å². The second-order valence-corrected chi connectivity index (χ2v) is 14.6. The maximum Gasteiger partial charge on any atom is 0.253 e. The van der Waals surface area contributed by atoms with Gasteiger partial charge in [0.05, 0.1) is 40.4 Å². The number of hydrogen-bond acceptors (Lipinski definition) is 6. The van der Waals surface area contributed by atoms with Gasteiger partial charge in [-0.15, -0.1) is 0 Å². The van der Waals surface area contributed by atoms with Crippen LogP contribution in [0.2, 0.25) is 10.0 Å². The van der Waals surface area contributed by atoms with Gasteiger partial charge in [0.2, 0.25) is 5.91 Å². The number of fused-ring (bicyclic) bond motifs is 2. The Hall–Kier alpha value is -3.63. The molecule has 2 aliphatic rings. The Morgan fingerprint density at radius 1 is 1.07 bits per heavy atom. The molecule has 3 heterocycles. The van der Waals surface area contributed by atoms with Crippen molar-refractivity contribution in [3.63, 3.8) is 0 Å². The monoisotopic (exact) mass is 664 g/mol.